The number of rotatable bonds is 3. The molecule has 1 aliphatic rings. The topological polar surface area (TPSA) is 28.2 Å². The highest BCUT2D eigenvalue weighted by Gasteiger charge is 2.15. The van der Waals surface area contributed by atoms with Crippen molar-refractivity contribution in [3.63, 3.8) is 0 Å². The number of halogens is 1. The second kappa shape index (κ2) is 5.10. The van der Waals surface area contributed by atoms with Crippen molar-refractivity contribution in [3.05, 3.63) is 52.7 Å². The van der Waals surface area contributed by atoms with Crippen molar-refractivity contribution in [3.8, 4) is 0 Å². The van der Waals surface area contributed by atoms with Crippen LogP contribution in [0.5, 0.6) is 0 Å². The Morgan fingerprint density at radius 3 is 3.05 bits per heavy atom. The predicted octanol–water partition coefficient (Wildman–Crippen LogP) is 3.34. The molecule has 4 heteroatoms. The molecular formula is C15H16ClN3. The van der Waals surface area contributed by atoms with Crippen LogP contribution in [-0.4, -0.2) is 18.6 Å². The van der Waals surface area contributed by atoms with Gasteiger partial charge in [-0.1, -0.05) is 29.8 Å². The van der Waals surface area contributed by atoms with Crippen molar-refractivity contribution in [2.45, 2.75) is 13.0 Å². The zero-order valence-electron chi connectivity index (χ0n) is 10.9. The second-order valence-corrected chi connectivity index (χ2v) is 5.22. The summed E-state index contributed by atoms with van der Waals surface area (Å²) in [6.45, 7) is 1.88. The molecule has 1 N–H and O–H groups in total. The van der Waals surface area contributed by atoms with Gasteiger partial charge in [0.15, 0.2) is 0 Å². The Kier molecular flexibility index (Phi) is 3.30. The minimum Gasteiger partial charge on any atom is -0.374 e. The summed E-state index contributed by atoms with van der Waals surface area (Å²) < 4.78 is 0. The van der Waals surface area contributed by atoms with Crippen LogP contribution in [0.1, 0.15) is 11.1 Å². The molecule has 1 aliphatic heterocycles. The molecule has 3 rings (SSSR count). The van der Waals surface area contributed by atoms with Crippen LogP contribution in [0.2, 0.25) is 5.15 Å². The van der Waals surface area contributed by atoms with Crippen LogP contribution in [0.15, 0.2) is 36.4 Å². The smallest absolute Gasteiger partial charge is 0.131 e. The fourth-order valence-corrected chi connectivity index (χ4v) is 2.59. The van der Waals surface area contributed by atoms with Gasteiger partial charge in [-0.3, -0.25) is 0 Å². The first-order valence-electron chi connectivity index (χ1n) is 6.42. The first kappa shape index (κ1) is 12.3. The molecule has 0 spiro atoms. The molecular weight excluding hydrogens is 258 g/mol. The highest BCUT2D eigenvalue weighted by Crippen LogP contribution is 2.27. The monoisotopic (exact) mass is 273 g/mol. The highest BCUT2D eigenvalue weighted by atomic mass is 35.5. The molecule has 2 heterocycles. The number of aromatic nitrogens is 1. The Balaban J connectivity index is 1.71. The largest absolute Gasteiger partial charge is 0.374 e. The summed E-state index contributed by atoms with van der Waals surface area (Å²) in [5.74, 6) is 0.810. The van der Waals surface area contributed by atoms with Crippen LogP contribution in [-0.2, 0) is 13.0 Å². The maximum absolute atomic E-state index is 5.86. The molecule has 98 valence electrons. The zero-order chi connectivity index (χ0) is 13.2. The molecule has 0 amide bonds. The molecule has 0 saturated heterocycles. The van der Waals surface area contributed by atoms with Gasteiger partial charge >= 0.3 is 0 Å². The van der Waals surface area contributed by atoms with Crippen LogP contribution in [0.3, 0.4) is 0 Å². The second-order valence-electron chi connectivity index (χ2n) is 4.83. The molecule has 3 nitrogen and oxygen atoms in total. The predicted molar refractivity (Wildman–Crippen MR) is 80.0 cm³/mol. The van der Waals surface area contributed by atoms with Gasteiger partial charge < -0.3 is 10.2 Å². The van der Waals surface area contributed by atoms with E-state index in [-0.39, 0.29) is 0 Å². The van der Waals surface area contributed by atoms with Gasteiger partial charge in [0, 0.05) is 25.8 Å². The summed E-state index contributed by atoms with van der Waals surface area (Å²) in [5.41, 5.74) is 4.06. The standard InChI is InChI=1S/C15H16ClN3/c1-19-8-7-12-9-11(5-6-13(12)19)10-17-15-4-2-3-14(16)18-15/h2-6,9H,7-8,10H2,1H3,(H,17,18). The first-order valence-corrected chi connectivity index (χ1v) is 6.79. The lowest BCUT2D eigenvalue weighted by molar-refractivity contribution is 0.955. The molecule has 0 saturated carbocycles. The molecule has 0 unspecified atom stereocenters. The van der Waals surface area contributed by atoms with E-state index < -0.39 is 0 Å². The summed E-state index contributed by atoms with van der Waals surface area (Å²) in [6.07, 6.45) is 1.13. The molecule has 0 radical (unpaired) electrons. The zero-order valence-corrected chi connectivity index (χ0v) is 11.6. The summed E-state index contributed by atoms with van der Waals surface area (Å²) in [5, 5.41) is 3.81. The van der Waals surface area contributed by atoms with Crippen LogP contribution < -0.4 is 10.2 Å². The number of likely N-dealkylation sites (N-methyl/N-ethyl adjacent to an activating group) is 1. The minimum atomic E-state index is 0.514. The summed E-state index contributed by atoms with van der Waals surface area (Å²) >= 11 is 5.86. The Morgan fingerprint density at radius 1 is 1.32 bits per heavy atom. The molecule has 0 bridgehead atoms. The van der Waals surface area contributed by atoms with Crippen LogP contribution >= 0.6 is 11.6 Å². The highest BCUT2D eigenvalue weighted by molar-refractivity contribution is 6.29. The maximum atomic E-state index is 5.86. The number of nitrogens with zero attached hydrogens (tertiary/aromatic N) is 2. The average molecular weight is 274 g/mol. The van der Waals surface area contributed by atoms with Gasteiger partial charge in [0.2, 0.25) is 0 Å². The third kappa shape index (κ3) is 2.66. The van der Waals surface area contributed by atoms with Gasteiger partial charge in [-0.15, -0.1) is 0 Å². The van der Waals surface area contributed by atoms with Crippen molar-refractivity contribution in [2.75, 3.05) is 23.8 Å². The normalized spacial score (nSPS) is 13.5. The molecule has 1 aromatic carbocycles. The van der Waals surface area contributed by atoms with E-state index in [1.54, 1.807) is 6.07 Å². The number of fused-ring (bicyclic) bond motifs is 1. The number of anilines is 2. The van der Waals surface area contributed by atoms with Crippen molar-refractivity contribution >= 4 is 23.1 Å². The molecule has 2 aromatic rings. The third-order valence-corrected chi connectivity index (χ3v) is 3.67. The molecule has 0 fully saturated rings. The van der Waals surface area contributed by atoms with E-state index in [1.165, 1.54) is 16.8 Å². The number of hydrogen-bond donors (Lipinski definition) is 1. The van der Waals surface area contributed by atoms with Gasteiger partial charge in [-0.2, -0.15) is 0 Å². The molecule has 0 atom stereocenters. The van der Waals surface area contributed by atoms with Crippen LogP contribution in [0.25, 0.3) is 0 Å². The SMILES string of the molecule is CN1CCc2cc(CNc3cccc(Cl)n3)ccc21. The van der Waals surface area contributed by atoms with Crippen molar-refractivity contribution < 1.29 is 0 Å². The quantitative estimate of drug-likeness (QED) is 0.870. The van der Waals surface area contributed by atoms with Gasteiger partial charge in [-0.25, -0.2) is 4.98 Å². The Bertz CT molecular complexity index is 598. The van der Waals surface area contributed by atoms with E-state index in [0.717, 1.165) is 25.3 Å². The fraction of sp³-hybridized carbons (Fsp3) is 0.267. The third-order valence-electron chi connectivity index (χ3n) is 3.46. The Morgan fingerprint density at radius 2 is 2.21 bits per heavy atom. The lowest BCUT2D eigenvalue weighted by atomic mass is 10.1. The van der Waals surface area contributed by atoms with E-state index >= 15 is 0 Å². The number of nitrogens with one attached hydrogen (secondary N) is 1. The van der Waals surface area contributed by atoms with E-state index in [9.17, 15) is 0 Å². The van der Waals surface area contributed by atoms with Crippen molar-refractivity contribution in [1.29, 1.82) is 0 Å². The summed E-state index contributed by atoms with van der Waals surface area (Å²) in [7, 11) is 2.14. The van der Waals surface area contributed by atoms with Crippen LogP contribution in [0.4, 0.5) is 11.5 Å². The van der Waals surface area contributed by atoms with Gasteiger partial charge in [-0.05, 0) is 35.7 Å². The Hall–Kier alpha value is -1.74. The molecule has 1 aromatic heterocycles. The molecule has 0 aliphatic carbocycles. The minimum absolute atomic E-state index is 0.514. The van der Waals surface area contributed by atoms with Crippen molar-refractivity contribution in [2.24, 2.45) is 0 Å². The first-order chi connectivity index (χ1) is 9.22. The van der Waals surface area contributed by atoms with E-state index in [4.69, 9.17) is 11.6 Å². The maximum Gasteiger partial charge on any atom is 0.131 e. The number of pyridine rings is 1. The fourth-order valence-electron chi connectivity index (χ4n) is 2.43. The lowest BCUT2D eigenvalue weighted by Crippen LogP contribution is -2.12. The van der Waals surface area contributed by atoms with Gasteiger partial charge in [0.05, 0.1) is 0 Å². The lowest BCUT2D eigenvalue weighted by Gasteiger charge is -2.12. The van der Waals surface area contributed by atoms with Crippen LogP contribution in [0, 0.1) is 0 Å². The van der Waals surface area contributed by atoms with E-state index in [1.807, 2.05) is 12.1 Å². The van der Waals surface area contributed by atoms with Gasteiger partial charge in [0.1, 0.15) is 11.0 Å². The Labute approximate surface area is 118 Å². The average Bonchev–Trinajstić information content (AvgIpc) is 2.78. The number of benzene rings is 1. The van der Waals surface area contributed by atoms with Gasteiger partial charge in [0.25, 0.3) is 0 Å². The molecule has 19 heavy (non-hydrogen) atoms. The summed E-state index contributed by atoms with van der Waals surface area (Å²) in [6, 6.07) is 12.2. The van der Waals surface area contributed by atoms with E-state index in [0.29, 0.717) is 5.15 Å². The van der Waals surface area contributed by atoms with E-state index in [2.05, 4.69) is 40.4 Å². The number of hydrogen-bond acceptors (Lipinski definition) is 3. The summed E-state index contributed by atoms with van der Waals surface area (Å²) in [4.78, 5) is 6.52. The van der Waals surface area contributed by atoms with Crippen molar-refractivity contribution in [1.82, 2.24) is 4.98 Å².